The molecule has 0 bridgehead atoms. The van der Waals surface area contributed by atoms with Gasteiger partial charge < -0.3 is 9.84 Å². The van der Waals surface area contributed by atoms with Gasteiger partial charge in [-0.2, -0.15) is 13.2 Å². The molecule has 174 valence electrons. The zero-order valence-corrected chi connectivity index (χ0v) is 18.3. The van der Waals surface area contributed by atoms with E-state index in [-0.39, 0.29) is 12.5 Å². The summed E-state index contributed by atoms with van der Waals surface area (Å²) in [4.78, 5) is 15.4. The molecule has 3 aromatic rings. The third kappa shape index (κ3) is 7.07. The number of aromatic nitrogens is 1. The molecule has 0 saturated heterocycles. The van der Waals surface area contributed by atoms with Gasteiger partial charge in [0, 0.05) is 12.0 Å². The van der Waals surface area contributed by atoms with Gasteiger partial charge in [0.25, 0.3) is 0 Å². The van der Waals surface area contributed by atoms with E-state index in [4.69, 9.17) is 9.84 Å². The number of carbonyl (C=O) groups is 1. The summed E-state index contributed by atoms with van der Waals surface area (Å²) in [6.07, 6.45) is -1.54. The first kappa shape index (κ1) is 24.3. The third-order valence-electron chi connectivity index (χ3n) is 5.26. The summed E-state index contributed by atoms with van der Waals surface area (Å²) in [7, 11) is 0. The summed E-state index contributed by atoms with van der Waals surface area (Å²) in [6.45, 7) is 2.08. The molecule has 1 atom stereocenters. The predicted octanol–water partition coefficient (Wildman–Crippen LogP) is 7.09. The predicted molar refractivity (Wildman–Crippen MR) is 120 cm³/mol. The number of halogens is 3. The van der Waals surface area contributed by atoms with E-state index in [1.165, 1.54) is 12.1 Å². The fourth-order valence-corrected chi connectivity index (χ4v) is 3.43. The van der Waals surface area contributed by atoms with Crippen molar-refractivity contribution in [2.24, 2.45) is 0 Å². The molecule has 1 aromatic heterocycles. The number of hydrogen-bond donors (Lipinski definition) is 1. The van der Waals surface area contributed by atoms with Crippen LogP contribution in [0.15, 0.2) is 66.7 Å². The van der Waals surface area contributed by atoms with Crippen LogP contribution >= 0.6 is 0 Å². The summed E-state index contributed by atoms with van der Waals surface area (Å²) in [5.41, 5.74) is 2.10. The van der Waals surface area contributed by atoms with E-state index in [1.54, 1.807) is 6.07 Å². The standard InChI is InChI=1S/C26H26F3NO3/c1-2-3-7-24(33-21-15-8-18(9-16-21)10-17-25(31)32)23-6-4-5-22(30-23)19-11-13-20(14-12-19)26(27,28)29/h4-6,8-9,11-16,24H,2-3,7,10,17H2,1H3,(H,31,32)/t24-/m1/s1. The fourth-order valence-electron chi connectivity index (χ4n) is 3.43. The van der Waals surface area contributed by atoms with Gasteiger partial charge in [0.05, 0.1) is 17.0 Å². The Morgan fingerprint density at radius 1 is 1.03 bits per heavy atom. The summed E-state index contributed by atoms with van der Waals surface area (Å²) >= 11 is 0. The van der Waals surface area contributed by atoms with Crippen molar-refractivity contribution in [3.63, 3.8) is 0 Å². The van der Waals surface area contributed by atoms with Gasteiger partial charge in [-0.25, -0.2) is 4.98 Å². The molecular formula is C26H26F3NO3. The Balaban J connectivity index is 1.79. The van der Waals surface area contributed by atoms with Crippen LogP contribution in [-0.2, 0) is 17.4 Å². The van der Waals surface area contributed by atoms with Gasteiger partial charge in [-0.15, -0.1) is 0 Å². The number of unbranched alkanes of at least 4 members (excludes halogenated alkanes) is 1. The van der Waals surface area contributed by atoms with Crippen LogP contribution in [0.25, 0.3) is 11.3 Å². The second kappa shape index (κ2) is 11.0. The molecule has 2 aromatic carbocycles. The van der Waals surface area contributed by atoms with E-state index >= 15 is 0 Å². The molecule has 0 aliphatic rings. The highest BCUT2D eigenvalue weighted by molar-refractivity contribution is 5.67. The van der Waals surface area contributed by atoms with Crippen molar-refractivity contribution in [3.05, 3.63) is 83.6 Å². The van der Waals surface area contributed by atoms with E-state index in [0.717, 1.165) is 37.0 Å². The second-order valence-electron chi connectivity index (χ2n) is 7.81. The van der Waals surface area contributed by atoms with Crippen molar-refractivity contribution in [2.75, 3.05) is 0 Å². The monoisotopic (exact) mass is 457 g/mol. The molecule has 0 unspecified atom stereocenters. The molecule has 0 saturated carbocycles. The molecular weight excluding hydrogens is 431 g/mol. The molecule has 3 rings (SSSR count). The van der Waals surface area contributed by atoms with Crippen molar-refractivity contribution in [2.45, 2.75) is 51.3 Å². The summed E-state index contributed by atoms with van der Waals surface area (Å²) < 4.78 is 44.8. The summed E-state index contributed by atoms with van der Waals surface area (Å²) in [5.74, 6) is -0.189. The number of hydrogen-bond acceptors (Lipinski definition) is 3. The first-order valence-electron chi connectivity index (χ1n) is 10.9. The van der Waals surface area contributed by atoms with E-state index in [2.05, 4.69) is 11.9 Å². The van der Waals surface area contributed by atoms with Crippen LogP contribution in [0.5, 0.6) is 5.75 Å². The van der Waals surface area contributed by atoms with Gasteiger partial charge >= 0.3 is 12.1 Å². The Hall–Kier alpha value is -3.35. The Bertz CT molecular complexity index is 1050. The van der Waals surface area contributed by atoms with Gasteiger partial charge in [0.1, 0.15) is 11.9 Å². The average molecular weight is 457 g/mol. The molecule has 4 nitrogen and oxygen atoms in total. The number of ether oxygens (including phenoxy) is 1. The van der Waals surface area contributed by atoms with Gasteiger partial charge in [0.2, 0.25) is 0 Å². The number of rotatable bonds is 10. The molecule has 1 N–H and O–H groups in total. The fraction of sp³-hybridized carbons (Fsp3) is 0.308. The molecule has 33 heavy (non-hydrogen) atoms. The van der Waals surface area contributed by atoms with Crippen molar-refractivity contribution < 1.29 is 27.8 Å². The van der Waals surface area contributed by atoms with E-state index in [9.17, 15) is 18.0 Å². The number of pyridine rings is 1. The highest BCUT2D eigenvalue weighted by Gasteiger charge is 2.30. The maximum absolute atomic E-state index is 12.9. The van der Waals surface area contributed by atoms with Crippen LogP contribution in [0.1, 0.15) is 55.5 Å². The molecule has 7 heteroatoms. The van der Waals surface area contributed by atoms with Gasteiger partial charge in [-0.1, -0.05) is 43.7 Å². The van der Waals surface area contributed by atoms with E-state index in [0.29, 0.717) is 29.1 Å². The largest absolute Gasteiger partial charge is 0.484 e. The van der Waals surface area contributed by atoms with Crippen LogP contribution < -0.4 is 4.74 Å². The Morgan fingerprint density at radius 3 is 2.33 bits per heavy atom. The molecule has 0 aliphatic heterocycles. The molecule has 0 amide bonds. The number of benzene rings is 2. The van der Waals surface area contributed by atoms with E-state index < -0.39 is 17.7 Å². The van der Waals surface area contributed by atoms with E-state index in [1.807, 2.05) is 36.4 Å². The number of aryl methyl sites for hydroxylation is 1. The van der Waals surface area contributed by atoms with Crippen molar-refractivity contribution in [3.8, 4) is 17.0 Å². The normalized spacial score (nSPS) is 12.4. The summed E-state index contributed by atoms with van der Waals surface area (Å²) in [5, 5.41) is 8.83. The molecule has 0 aliphatic carbocycles. The number of nitrogens with zero attached hydrogens (tertiary/aromatic N) is 1. The lowest BCUT2D eigenvalue weighted by Crippen LogP contribution is -2.10. The first-order valence-corrected chi connectivity index (χ1v) is 10.9. The highest BCUT2D eigenvalue weighted by Crippen LogP contribution is 2.32. The lowest BCUT2D eigenvalue weighted by Gasteiger charge is -2.20. The smallest absolute Gasteiger partial charge is 0.416 e. The maximum atomic E-state index is 12.9. The van der Waals surface area contributed by atoms with Gasteiger partial charge in [-0.05, 0) is 61.2 Å². The molecule has 0 spiro atoms. The minimum Gasteiger partial charge on any atom is -0.484 e. The molecule has 1 heterocycles. The summed E-state index contributed by atoms with van der Waals surface area (Å²) in [6, 6.07) is 17.7. The minimum absolute atomic E-state index is 0.0694. The van der Waals surface area contributed by atoms with Gasteiger partial charge in [0.15, 0.2) is 0 Å². The minimum atomic E-state index is -4.38. The van der Waals surface area contributed by atoms with Crippen molar-refractivity contribution in [1.82, 2.24) is 4.98 Å². The maximum Gasteiger partial charge on any atom is 0.416 e. The Labute approximate surface area is 191 Å². The quantitative estimate of drug-likeness (QED) is 0.353. The number of alkyl halides is 3. The average Bonchev–Trinajstić information content (AvgIpc) is 2.81. The lowest BCUT2D eigenvalue weighted by atomic mass is 10.1. The number of carboxylic acids is 1. The van der Waals surface area contributed by atoms with Crippen LogP contribution in [-0.4, -0.2) is 16.1 Å². The second-order valence-corrected chi connectivity index (χ2v) is 7.81. The van der Waals surface area contributed by atoms with Crippen molar-refractivity contribution >= 4 is 5.97 Å². The lowest BCUT2D eigenvalue weighted by molar-refractivity contribution is -0.138. The Kier molecular flexibility index (Phi) is 8.09. The zero-order valence-electron chi connectivity index (χ0n) is 18.3. The molecule has 0 radical (unpaired) electrons. The molecule has 0 fully saturated rings. The first-order chi connectivity index (χ1) is 15.8. The van der Waals surface area contributed by atoms with Crippen molar-refractivity contribution in [1.29, 1.82) is 0 Å². The third-order valence-corrected chi connectivity index (χ3v) is 5.26. The van der Waals surface area contributed by atoms with Crippen LogP contribution in [0.3, 0.4) is 0 Å². The number of carboxylic acid groups (broad SMARTS) is 1. The topological polar surface area (TPSA) is 59.4 Å². The van der Waals surface area contributed by atoms with Crippen LogP contribution in [0, 0.1) is 0 Å². The SMILES string of the molecule is CCCC[C@@H](Oc1ccc(CCC(=O)O)cc1)c1cccc(-c2ccc(C(F)(F)F)cc2)n1. The van der Waals surface area contributed by atoms with Crippen LogP contribution in [0.2, 0.25) is 0 Å². The Morgan fingerprint density at radius 2 is 1.73 bits per heavy atom. The van der Waals surface area contributed by atoms with Gasteiger partial charge in [-0.3, -0.25) is 4.79 Å². The highest BCUT2D eigenvalue weighted by atomic mass is 19.4. The number of aliphatic carboxylic acids is 1. The van der Waals surface area contributed by atoms with Crippen LogP contribution in [0.4, 0.5) is 13.2 Å². The zero-order chi connectivity index (χ0) is 23.8.